The lowest BCUT2D eigenvalue weighted by molar-refractivity contribution is -0.122. The molecule has 0 radical (unpaired) electrons. The van der Waals surface area contributed by atoms with E-state index in [1.807, 2.05) is 36.4 Å². The minimum Gasteiger partial charge on any atom is -0.483 e. The van der Waals surface area contributed by atoms with Gasteiger partial charge in [0.25, 0.3) is 6.47 Å². The van der Waals surface area contributed by atoms with Crippen molar-refractivity contribution >= 4 is 6.47 Å². The molecule has 1 aromatic rings. The van der Waals surface area contributed by atoms with Crippen LogP contribution in [-0.4, -0.2) is 24.7 Å². The van der Waals surface area contributed by atoms with Gasteiger partial charge in [0.2, 0.25) is 0 Å². The van der Waals surface area contributed by atoms with E-state index in [2.05, 4.69) is 5.32 Å². The van der Waals surface area contributed by atoms with E-state index in [4.69, 9.17) is 9.90 Å². The number of nitrogens with one attached hydrogen (secondary N) is 1. The van der Waals surface area contributed by atoms with Crippen LogP contribution in [0.15, 0.2) is 36.4 Å². The van der Waals surface area contributed by atoms with Gasteiger partial charge < -0.3 is 10.4 Å². The summed E-state index contributed by atoms with van der Waals surface area (Å²) >= 11 is 0. The maximum atomic E-state index is 8.36. The highest BCUT2D eigenvalue weighted by molar-refractivity contribution is 5.32. The third kappa shape index (κ3) is 10.7. The van der Waals surface area contributed by atoms with Crippen molar-refractivity contribution in [3.8, 4) is 0 Å². The molecule has 0 unspecified atom stereocenters. The first-order valence-corrected chi connectivity index (χ1v) is 4.70. The maximum Gasteiger partial charge on any atom is 0.290 e. The summed E-state index contributed by atoms with van der Waals surface area (Å²) in [5.74, 6) is 0. The fourth-order valence-electron chi connectivity index (χ4n) is 1.01. The summed E-state index contributed by atoms with van der Waals surface area (Å²) in [6.45, 7) is 2.25. The van der Waals surface area contributed by atoms with E-state index in [1.165, 1.54) is 25.9 Å². The molecule has 14 heavy (non-hydrogen) atoms. The maximum absolute atomic E-state index is 8.36. The van der Waals surface area contributed by atoms with Crippen LogP contribution in [0.1, 0.15) is 12.8 Å². The first kappa shape index (κ1) is 12.7. The Labute approximate surface area is 84.8 Å². The number of rotatable bonds is 0. The van der Waals surface area contributed by atoms with Crippen molar-refractivity contribution in [2.45, 2.75) is 12.8 Å². The van der Waals surface area contributed by atoms with E-state index in [0.717, 1.165) is 0 Å². The molecular formula is C11H17NO2. The lowest BCUT2D eigenvalue weighted by Crippen LogP contribution is -2.03. The smallest absolute Gasteiger partial charge is 0.290 e. The molecule has 0 aromatic heterocycles. The van der Waals surface area contributed by atoms with Gasteiger partial charge in [0, 0.05) is 0 Å². The lowest BCUT2D eigenvalue weighted by atomic mass is 10.4. The fourth-order valence-corrected chi connectivity index (χ4v) is 1.01. The first-order valence-electron chi connectivity index (χ1n) is 4.70. The van der Waals surface area contributed by atoms with Crippen molar-refractivity contribution in [3.63, 3.8) is 0 Å². The Morgan fingerprint density at radius 3 is 1.36 bits per heavy atom. The van der Waals surface area contributed by atoms with E-state index in [1.54, 1.807) is 0 Å². The quantitative estimate of drug-likeness (QED) is 0.620. The predicted octanol–water partition coefficient (Wildman–Crippen LogP) is 1.76. The summed E-state index contributed by atoms with van der Waals surface area (Å²) in [5.41, 5.74) is 0. The normalized spacial score (nSPS) is 12.9. The van der Waals surface area contributed by atoms with Crippen molar-refractivity contribution in [2.75, 3.05) is 13.1 Å². The van der Waals surface area contributed by atoms with Crippen molar-refractivity contribution in [1.29, 1.82) is 0 Å². The third-order valence-electron chi connectivity index (χ3n) is 1.62. The van der Waals surface area contributed by atoms with Crippen LogP contribution in [0.5, 0.6) is 0 Å². The summed E-state index contributed by atoms with van der Waals surface area (Å²) in [5, 5.41) is 10.1. The van der Waals surface area contributed by atoms with Crippen LogP contribution in [-0.2, 0) is 4.79 Å². The zero-order valence-electron chi connectivity index (χ0n) is 8.23. The largest absolute Gasteiger partial charge is 0.483 e. The topological polar surface area (TPSA) is 49.3 Å². The summed E-state index contributed by atoms with van der Waals surface area (Å²) in [4.78, 5) is 8.36. The molecule has 1 aliphatic rings. The van der Waals surface area contributed by atoms with Crippen LogP contribution < -0.4 is 5.32 Å². The minimum atomic E-state index is -0.250. The predicted molar refractivity (Wildman–Crippen MR) is 57.2 cm³/mol. The molecule has 3 nitrogen and oxygen atoms in total. The van der Waals surface area contributed by atoms with Crippen LogP contribution in [0.3, 0.4) is 0 Å². The Balaban J connectivity index is 0.000000193. The van der Waals surface area contributed by atoms with E-state index >= 15 is 0 Å². The Kier molecular flexibility index (Phi) is 10.5. The van der Waals surface area contributed by atoms with Gasteiger partial charge in [0.05, 0.1) is 0 Å². The monoisotopic (exact) mass is 195 g/mol. The van der Waals surface area contributed by atoms with Gasteiger partial charge in [0.15, 0.2) is 0 Å². The SMILES string of the molecule is C1CCNC1.O=CO.c1ccccc1. The van der Waals surface area contributed by atoms with E-state index in [9.17, 15) is 0 Å². The molecule has 2 rings (SSSR count). The van der Waals surface area contributed by atoms with E-state index in [-0.39, 0.29) is 6.47 Å². The zero-order chi connectivity index (χ0) is 10.5. The van der Waals surface area contributed by atoms with Crippen LogP contribution in [0.25, 0.3) is 0 Å². The summed E-state index contributed by atoms with van der Waals surface area (Å²) in [7, 11) is 0. The highest BCUT2D eigenvalue weighted by Gasteiger charge is 1.93. The number of carbonyl (C=O) groups is 1. The Hall–Kier alpha value is -1.35. The molecule has 1 fully saturated rings. The van der Waals surface area contributed by atoms with E-state index in [0.29, 0.717) is 0 Å². The van der Waals surface area contributed by atoms with Crippen molar-refractivity contribution in [3.05, 3.63) is 36.4 Å². The molecule has 78 valence electrons. The van der Waals surface area contributed by atoms with Gasteiger partial charge in [0.1, 0.15) is 0 Å². The van der Waals surface area contributed by atoms with Crippen LogP contribution in [0, 0.1) is 0 Å². The third-order valence-corrected chi connectivity index (χ3v) is 1.62. The number of carboxylic acid groups (broad SMARTS) is 1. The molecule has 0 aliphatic carbocycles. The van der Waals surface area contributed by atoms with Gasteiger partial charge in [-0.05, 0) is 25.9 Å². The second-order valence-electron chi connectivity index (χ2n) is 2.72. The van der Waals surface area contributed by atoms with Crippen LogP contribution in [0.2, 0.25) is 0 Å². The number of benzene rings is 1. The molecule has 0 amide bonds. The zero-order valence-corrected chi connectivity index (χ0v) is 8.23. The van der Waals surface area contributed by atoms with Crippen molar-refractivity contribution < 1.29 is 9.90 Å². The van der Waals surface area contributed by atoms with Gasteiger partial charge in [-0.1, -0.05) is 36.4 Å². The summed E-state index contributed by atoms with van der Waals surface area (Å²) in [6.07, 6.45) is 2.78. The first-order chi connectivity index (χ1) is 6.91. The van der Waals surface area contributed by atoms with Gasteiger partial charge in [-0.25, -0.2) is 0 Å². The molecule has 0 spiro atoms. The fraction of sp³-hybridized carbons (Fsp3) is 0.364. The molecule has 0 atom stereocenters. The molecular weight excluding hydrogens is 178 g/mol. The van der Waals surface area contributed by atoms with Crippen molar-refractivity contribution in [1.82, 2.24) is 5.32 Å². The highest BCUT2D eigenvalue weighted by atomic mass is 16.3. The summed E-state index contributed by atoms with van der Waals surface area (Å²) in [6, 6.07) is 12.0. The van der Waals surface area contributed by atoms with Gasteiger partial charge in [-0.15, -0.1) is 0 Å². The number of hydrogen-bond donors (Lipinski definition) is 2. The van der Waals surface area contributed by atoms with Crippen LogP contribution >= 0.6 is 0 Å². The standard InChI is InChI=1S/C6H6.C4H9N.CH2O2/c1-2-4-6-5-3-1;1-2-4-5-3-1;2-1-3/h1-6H;5H,1-4H2;1H,(H,2,3). The Morgan fingerprint density at radius 1 is 0.929 bits per heavy atom. The highest BCUT2D eigenvalue weighted by Crippen LogP contribution is 1.90. The summed E-state index contributed by atoms with van der Waals surface area (Å²) < 4.78 is 0. The molecule has 3 heteroatoms. The lowest BCUT2D eigenvalue weighted by Gasteiger charge is -1.76. The average molecular weight is 195 g/mol. The number of hydrogen-bond acceptors (Lipinski definition) is 2. The van der Waals surface area contributed by atoms with Crippen molar-refractivity contribution in [2.24, 2.45) is 0 Å². The van der Waals surface area contributed by atoms with Crippen LogP contribution in [0.4, 0.5) is 0 Å². The molecule has 2 N–H and O–H groups in total. The van der Waals surface area contributed by atoms with Gasteiger partial charge in [-0.3, -0.25) is 4.79 Å². The Morgan fingerprint density at radius 2 is 1.21 bits per heavy atom. The molecule has 1 heterocycles. The second-order valence-corrected chi connectivity index (χ2v) is 2.72. The molecule has 1 aliphatic heterocycles. The molecule has 0 saturated carbocycles. The van der Waals surface area contributed by atoms with E-state index < -0.39 is 0 Å². The average Bonchev–Trinajstić information content (AvgIpc) is 2.80. The molecule has 0 bridgehead atoms. The van der Waals surface area contributed by atoms with Gasteiger partial charge >= 0.3 is 0 Å². The molecule has 1 saturated heterocycles. The molecule has 1 aromatic carbocycles. The second kappa shape index (κ2) is 11.6. The minimum absolute atomic E-state index is 0.250. The van der Waals surface area contributed by atoms with Gasteiger partial charge in [-0.2, -0.15) is 0 Å². The Bertz CT molecular complexity index is 163.